The number of anilines is 1. The van der Waals surface area contributed by atoms with Crippen molar-refractivity contribution in [3.05, 3.63) is 42.5 Å². The molecule has 1 aliphatic rings. The lowest BCUT2D eigenvalue weighted by atomic mass is 10.0. The van der Waals surface area contributed by atoms with E-state index in [2.05, 4.69) is 5.32 Å². The van der Waals surface area contributed by atoms with E-state index in [-0.39, 0.29) is 11.9 Å². The van der Waals surface area contributed by atoms with Crippen LogP contribution in [0.3, 0.4) is 0 Å². The van der Waals surface area contributed by atoms with E-state index in [0.717, 1.165) is 23.6 Å². The standard InChI is InChI=1S/C20H23NO3/c1-14(24-19(22)12-15-6-2-3-7-15)20(23)21-18-11-10-16-8-4-5-9-17(16)13-18/h4-5,8-11,13-15H,2-3,6-7,12H2,1H3,(H,21,23). The molecule has 0 heterocycles. The van der Waals surface area contributed by atoms with Crippen molar-refractivity contribution in [1.82, 2.24) is 0 Å². The molecule has 1 amide bonds. The van der Waals surface area contributed by atoms with Gasteiger partial charge in [-0.15, -0.1) is 0 Å². The lowest BCUT2D eigenvalue weighted by molar-refractivity contribution is -0.154. The van der Waals surface area contributed by atoms with E-state index in [1.165, 1.54) is 12.8 Å². The normalized spacial score (nSPS) is 16.0. The van der Waals surface area contributed by atoms with Crippen molar-refractivity contribution in [3.63, 3.8) is 0 Å². The summed E-state index contributed by atoms with van der Waals surface area (Å²) in [6.07, 6.45) is 4.20. The number of amides is 1. The van der Waals surface area contributed by atoms with Gasteiger partial charge in [-0.05, 0) is 48.6 Å². The van der Waals surface area contributed by atoms with Gasteiger partial charge in [0.15, 0.2) is 6.10 Å². The second-order valence-electron chi connectivity index (χ2n) is 6.54. The highest BCUT2D eigenvalue weighted by Crippen LogP contribution is 2.28. The van der Waals surface area contributed by atoms with E-state index < -0.39 is 6.10 Å². The summed E-state index contributed by atoms with van der Waals surface area (Å²) < 4.78 is 5.28. The molecule has 0 saturated heterocycles. The first-order valence-corrected chi connectivity index (χ1v) is 8.61. The maximum absolute atomic E-state index is 12.2. The summed E-state index contributed by atoms with van der Waals surface area (Å²) in [5, 5.41) is 4.99. The number of carbonyl (C=O) groups is 2. The third-order valence-electron chi connectivity index (χ3n) is 4.62. The van der Waals surface area contributed by atoms with Crippen LogP contribution in [0.1, 0.15) is 39.0 Å². The Hall–Kier alpha value is -2.36. The predicted octanol–water partition coefficient (Wildman–Crippen LogP) is 4.29. The van der Waals surface area contributed by atoms with Gasteiger partial charge in [0.05, 0.1) is 0 Å². The highest BCUT2D eigenvalue weighted by atomic mass is 16.5. The zero-order valence-electron chi connectivity index (χ0n) is 14.0. The Balaban J connectivity index is 1.55. The Labute approximate surface area is 142 Å². The summed E-state index contributed by atoms with van der Waals surface area (Å²) >= 11 is 0. The number of nitrogens with one attached hydrogen (secondary N) is 1. The van der Waals surface area contributed by atoms with Crippen molar-refractivity contribution in [1.29, 1.82) is 0 Å². The largest absolute Gasteiger partial charge is 0.453 e. The minimum absolute atomic E-state index is 0.275. The van der Waals surface area contributed by atoms with Crippen LogP contribution < -0.4 is 5.32 Å². The molecule has 2 aromatic rings. The minimum Gasteiger partial charge on any atom is -0.453 e. The highest BCUT2D eigenvalue weighted by molar-refractivity contribution is 5.97. The summed E-state index contributed by atoms with van der Waals surface area (Å²) in [5.74, 6) is -0.152. The van der Waals surface area contributed by atoms with Crippen molar-refractivity contribution in [3.8, 4) is 0 Å². The van der Waals surface area contributed by atoms with Crippen molar-refractivity contribution >= 4 is 28.3 Å². The van der Waals surface area contributed by atoms with Gasteiger partial charge in [-0.2, -0.15) is 0 Å². The number of carbonyl (C=O) groups excluding carboxylic acids is 2. The average molecular weight is 325 g/mol. The quantitative estimate of drug-likeness (QED) is 0.834. The first-order valence-electron chi connectivity index (χ1n) is 8.61. The first-order chi connectivity index (χ1) is 11.6. The topological polar surface area (TPSA) is 55.4 Å². The molecule has 0 aliphatic heterocycles. The van der Waals surface area contributed by atoms with Crippen LogP contribution in [-0.2, 0) is 14.3 Å². The fraction of sp³-hybridized carbons (Fsp3) is 0.400. The first kappa shape index (κ1) is 16.5. The summed E-state index contributed by atoms with van der Waals surface area (Å²) in [6, 6.07) is 13.7. The maximum Gasteiger partial charge on any atom is 0.306 e. The second kappa shape index (κ2) is 7.47. The Morgan fingerprint density at radius 1 is 1.12 bits per heavy atom. The smallest absolute Gasteiger partial charge is 0.306 e. The van der Waals surface area contributed by atoms with Gasteiger partial charge in [0.25, 0.3) is 5.91 Å². The molecule has 1 unspecified atom stereocenters. The van der Waals surface area contributed by atoms with Crippen LogP contribution >= 0.6 is 0 Å². The van der Waals surface area contributed by atoms with E-state index in [4.69, 9.17) is 4.74 Å². The number of benzene rings is 2. The van der Waals surface area contributed by atoms with Crippen LogP contribution in [0.2, 0.25) is 0 Å². The fourth-order valence-corrected chi connectivity index (χ4v) is 3.26. The molecule has 126 valence electrons. The van der Waals surface area contributed by atoms with E-state index in [0.29, 0.717) is 18.0 Å². The molecule has 1 atom stereocenters. The molecule has 4 nitrogen and oxygen atoms in total. The van der Waals surface area contributed by atoms with Crippen LogP contribution in [0.4, 0.5) is 5.69 Å². The molecule has 4 heteroatoms. The van der Waals surface area contributed by atoms with Crippen molar-refractivity contribution in [2.45, 2.75) is 45.1 Å². The van der Waals surface area contributed by atoms with Crippen LogP contribution in [0.15, 0.2) is 42.5 Å². The summed E-state index contributed by atoms with van der Waals surface area (Å²) in [5.41, 5.74) is 0.706. The van der Waals surface area contributed by atoms with E-state index in [1.54, 1.807) is 6.92 Å². The second-order valence-corrected chi connectivity index (χ2v) is 6.54. The third kappa shape index (κ3) is 4.13. The highest BCUT2D eigenvalue weighted by Gasteiger charge is 2.23. The van der Waals surface area contributed by atoms with Gasteiger partial charge < -0.3 is 10.1 Å². The van der Waals surface area contributed by atoms with Gasteiger partial charge in [0.2, 0.25) is 0 Å². The number of rotatable bonds is 5. The lowest BCUT2D eigenvalue weighted by Crippen LogP contribution is -2.30. The molecule has 0 aromatic heterocycles. The van der Waals surface area contributed by atoms with E-state index in [1.807, 2.05) is 42.5 Å². The van der Waals surface area contributed by atoms with Crippen LogP contribution in [-0.4, -0.2) is 18.0 Å². The van der Waals surface area contributed by atoms with E-state index >= 15 is 0 Å². The number of hydrogen-bond donors (Lipinski definition) is 1. The number of esters is 1. The SMILES string of the molecule is CC(OC(=O)CC1CCCC1)C(=O)Nc1ccc2ccccc2c1. The Morgan fingerprint density at radius 3 is 2.58 bits per heavy atom. The minimum atomic E-state index is -0.787. The van der Waals surface area contributed by atoms with Gasteiger partial charge in [0.1, 0.15) is 0 Å². The van der Waals surface area contributed by atoms with Gasteiger partial charge in [-0.3, -0.25) is 9.59 Å². The van der Waals surface area contributed by atoms with Crippen molar-refractivity contribution in [2.75, 3.05) is 5.32 Å². The maximum atomic E-state index is 12.2. The molecular formula is C20H23NO3. The summed E-state index contributed by atoms with van der Waals surface area (Å²) in [6.45, 7) is 1.61. The average Bonchev–Trinajstić information content (AvgIpc) is 3.07. The third-order valence-corrected chi connectivity index (χ3v) is 4.62. The van der Waals surface area contributed by atoms with Gasteiger partial charge in [-0.25, -0.2) is 0 Å². The number of fused-ring (bicyclic) bond motifs is 1. The van der Waals surface area contributed by atoms with Crippen molar-refractivity contribution < 1.29 is 14.3 Å². The van der Waals surface area contributed by atoms with Gasteiger partial charge in [-0.1, -0.05) is 43.2 Å². The fourth-order valence-electron chi connectivity index (χ4n) is 3.26. The predicted molar refractivity (Wildman–Crippen MR) is 94.7 cm³/mol. The van der Waals surface area contributed by atoms with Crippen molar-refractivity contribution in [2.24, 2.45) is 5.92 Å². The number of hydrogen-bond acceptors (Lipinski definition) is 3. The Kier molecular flexibility index (Phi) is 5.14. The molecule has 0 spiro atoms. The van der Waals surface area contributed by atoms with Crippen LogP contribution in [0.25, 0.3) is 10.8 Å². The van der Waals surface area contributed by atoms with Crippen LogP contribution in [0, 0.1) is 5.92 Å². The molecule has 1 fully saturated rings. The molecule has 2 aromatic carbocycles. The summed E-state index contributed by atoms with van der Waals surface area (Å²) in [4.78, 5) is 24.2. The molecular weight excluding hydrogens is 302 g/mol. The zero-order chi connectivity index (χ0) is 16.9. The molecule has 1 N–H and O–H groups in total. The monoisotopic (exact) mass is 325 g/mol. The van der Waals surface area contributed by atoms with Gasteiger partial charge >= 0.3 is 5.97 Å². The molecule has 1 aliphatic carbocycles. The zero-order valence-corrected chi connectivity index (χ0v) is 14.0. The molecule has 24 heavy (non-hydrogen) atoms. The van der Waals surface area contributed by atoms with Crippen LogP contribution in [0.5, 0.6) is 0 Å². The Bertz CT molecular complexity index is 734. The Morgan fingerprint density at radius 2 is 1.83 bits per heavy atom. The molecule has 1 saturated carbocycles. The molecule has 0 bridgehead atoms. The molecule has 0 radical (unpaired) electrons. The lowest BCUT2D eigenvalue weighted by Gasteiger charge is -2.15. The van der Waals surface area contributed by atoms with E-state index in [9.17, 15) is 9.59 Å². The molecule has 3 rings (SSSR count). The van der Waals surface area contributed by atoms with Gasteiger partial charge in [0, 0.05) is 12.1 Å². The summed E-state index contributed by atoms with van der Waals surface area (Å²) in [7, 11) is 0. The number of ether oxygens (including phenoxy) is 1.